The van der Waals surface area contributed by atoms with Crippen LogP contribution in [0, 0.1) is 5.41 Å². The van der Waals surface area contributed by atoms with Gasteiger partial charge in [0.15, 0.2) is 0 Å². The molecule has 1 fully saturated rings. The highest BCUT2D eigenvalue weighted by Crippen LogP contribution is 2.28. The van der Waals surface area contributed by atoms with Gasteiger partial charge in [-0.25, -0.2) is 0 Å². The van der Waals surface area contributed by atoms with Crippen LogP contribution < -0.4 is 0 Å². The molecular formula is C9H19BO3. The molecule has 1 saturated heterocycles. The smallest absolute Gasteiger partial charge is 0.385 e. The van der Waals surface area contributed by atoms with Crippen molar-refractivity contribution in [2.75, 3.05) is 6.61 Å². The maximum Gasteiger partial charge on any atom is 0.639 e. The van der Waals surface area contributed by atoms with E-state index >= 15 is 0 Å². The number of hydrogen-bond acceptors (Lipinski definition) is 3. The van der Waals surface area contributed by atoms with Crippen molar-refractivity contribution < 1.29 is 14.0 Å². The Balaban J connectivity index is 2.42. The van der Waals surface area contributed by atoms with Crippen LogP contribution in [0.3, 0.4) is 0 Å². The molecule has 1 aliphatic rings. The normalized spacial score (nSPS) is 28.2. The fraction of sp³-hybridized carbons (Fsp3) is 1.00. The van der Waals surface area contributed by atoms with Crippen LogP contribution in [0.5, 0.6) is 0 Å². The third-order valence-electron chi connectivity index (χ3n) is 2.39. The largest absolute Gasteiger partial charge is 0.639 e. The van der Waals surface area contributed by atoms with E-state index in [9.17, 15) is 0 Å². The second-order valence-corrected chi connectivity index (χ2v) is 4.55. The van der Waals surface area contributed by atoms with Crippen LogP contribution in [0.15, 0.2) is 0 Å². The average Bonchev–Trinajstić information content (AvgIpc) is 1.97. The molecule has 13 heavy (non-hydrogen) atoms. The third kappa shape index (κ3) is 2.97. The molecule has 1 heterocycles. The molecule has 1 rings (SSSR count). The lowest BCUT2D eigenvalue weighted by molar-refractivity contribution is -0.0711. The third-order valence-corrected chi connectivity index (χ3v) is 2.39. The second kappa shape index (κ2) is 3.99. The molecule has 0 N–H and O–H groups in total. The van der Waals surface area contributed by atoms with Crippen molar-refractivity contribution in [1.82, 2.24) is 0 Å². The van der Waals surface area contributed by atoms with Gasteiger partial charge in [-0.2, -0.15) is 0 Å². The highest BCUT2D eigenvalue weighted by molar-refractivity contribution is 6.36. The predicted octanol–water partition coefficient (Wildman–Crippen LogP) is 1.86. The Morgan fingerprint density at radius 2 is 2.08 bits per heavy atom. The molecular weight excluding hydrogens is 167 g/mol. The van der Waals surface area contributed by atoms with Crippen LogP contribution in [-0.4, -0.2) is 26.1 Å². The van der Waals surface area contributed by atoms with Crippen LogP contribution >= 0.6 is 0 Å². The maximum atomic E-state index is 5.57. The first-order chi connectivity index (χ1) is 5.92. The summed E-state index contributed by atoms with van der Waals surface area (Å²) in [7, 11) is -0.483. The summed E-state index contributed by atoms with van der Waals surface area (Å²) in [5.41, 5.74) is 0.0802. The van der Waals surface area contributed by atoms with Gasteiger partial charge in [0.05, 0.1) is 0 Å². The molecule has 0 aliphatic carbocycles. The molecule has 0 aromatic rings. The Bertz CT molecular complexity index is 170. The summed E-state index contributed by atoms with van der Waals surface area (Å²) in [5.74, 6) is 0. The quantitative estimate of drug-likeness (QED) is 0.616. The summed E-state index contributed by atoms with van der Waals surface area (Å²) in [4.78, 5) is 0. The van der Waals surface area contributed by atoms with Crippen molar-refractivity contribution in [3.8, 4) is 0 Å². The zero-order chi connectivity index (χ0) is 10.1. The van der Waals surface area contributed by atoms with Crippen molar-refractivity contribution in [3.05, 3.63) is 0 Å². The van der Waals surface area contributed by atoms with Crippen LogP contribution in [0.25, 0.3) is 0 Å². The summed E-state index contributed by atoms with van der Waals surface area (Å²) in [6.45, 7) is 10.9. The summed E-state index contributed by atoms with van der Waals surface area (Å²) >= 11 is 0. The van der Waals surface area contributed by atoms with Crippen LogP contribution in [0.4, 0.5) is 0 Å². The van der Waals surface area contributed by atoms with Gasteiger partial charge in [-0.3, -0.25) is 0 Å². The van der Waals surface area contributed by atoms with Crippen molar-refractivity contribution in [3.63, 3.8) is 0 Å². The van der Waals surface area contributed by atoms with E-state index in [1.807, 2.05) is 13.8 Å². The molecule has 0 saturated carbocycles. The van der Waals surface area contributed by atoms with Gasteiger partial charge in [0.2, 0.25) is 0 Å². The van der Waals surface area contributed by atoms with E-state index in [4.69, 9.17) is 14.0 Å². The Morgan fingerprint density at radius 1 is 1.46 bits per heavy atom. The molecule has 0 radical (unpaired) electrons. The fourth-order valence-electron chi connectivity index (χ4n) is 1.08. The lowest BCUT2D eigenvalue weighted by Crippen LogP contribution is -2.48. The predicted molar refractivity (Wildman–Crippen MR) is 52.3 cm³/mol. The minimum Gasteiger partial charge on any atom is -0.385 e. The van der Waals surface area contributed by atoms with Crippen LogP contribution in [0.2, 0.25) is 0 Å². The fourth-order valence-corrected chi connectivity index (χ4v) is 1.08. The molecule has 0 aromatic heterocycles. The summed E-state index contributed by atoms with van der Waals surface area (Å²) in [5, 5.41) is 0. The molecule has 1 aliphatic heterocycles. The van der Waals surface area contributed by atoms with E-state index in [1.54, 1.807) is 0 Å². The first kappa shape index (κ1) is 11.0. The number of rotatable bonds is 2. The molecule has 76 valence electrons. The van der Waals surface area contributed by atoms with Gasteiger partial charge in [0, 0.05) is 24.2 Å². The summed E-state index contributed by atoms with van der Waals surface area (Å²) in [6, 6.07) is 0. The highest BCUT2D eigenvalue weighted by Gasteiger charge is 2.40. The molecule has 0 bridgehead atoms. The monoisotopic (exact) mass is 186 g/mol. The van der Waals surface area contributed by atoms with E-state index in [2.05, 4.69) is 20.8 Å². The van der Waals surface area contributed by atoms with Gasteiger partial charge >= 0.3 is 7.32 Å². The zero-order valence-corrected chi connectivity index (χ0v) is 9.16. The molecule has 0 aromatic carbocycles. The van der Waals surface area contributed by atoms with Gasteiger partial charge < -0.3 is 14.0 Å². The van der Waals surface area contributed by atoms with Gasteiger partial charge in [0.25, 0.3) is 0 Å². The Morgan fingerprint density at radius 3 is 2.54 bits per heavy atom. The zero-order valence-electron chi connectivity index (χ0n) is 9.16. The molecule has 0 spiro atoms. The average molecular weight is 186 g/mol. The molecule has 1 unspecified atom stereocenters. The van der Waals surface area contributed by atoms with E-state index in [0.29, 0.717) is 6.61 Å². The molecule has 1 atom stereocenters. The van der Waals surface area contributed by atoms with E-state index in [0.717, 1.165) is 0 Å². The standard InChI is InChI=1S/C9H19BO3/c1-7(2)12-10-11-6-9(4,5)8(3)13-10/h7-8H,6H2,1-5H3. The Kier molecular flexibility index (Phi) is 3.38. The van der Waals surface area contributed by atoms with Gasteiger partial charge in [0.1, 0.15) is 0 Å². The van der Waals surface area contributed by atoms with Gasteiger partial charge in [-0.05, 0) is 20.8 Å². The molecule has 0 amide bonds. The van der Waals surface area contributed by atoms with Crippen LogP contribution in [-0.2, 0) is 14.0 Å². The SMILES string of the molecule is CC(C)OB1OCC(C)(C)C(C)O1. The van der Waals surface area contributed by atoms with E-state index in [-0.39, 0.29) is 17.6 Å². The Hall–Kier alpha value is -0.0551. The maximum absolute atomic E-state index is 5.57. The van der Waals surface area contributed by atoms with Crippen molar-refractivity contribution in [1.29, 1.82) is 0 Å². The minimum absolute atomic E-state index is 0.0802. The topological polar surface area (TPSA) is 27.7 Å². The number of hydrogen-bond donors (Lipinski definition) is 0. The van der Waals surface area contributed by atoms with E-state index in [1.165, 1.54) is 0 Å². The summed E-state index contributed by atoms with van der Waals surface area (Å²) in [6.07, 6.45) is 0.309. The molecule has 3 nitrogen and oxygen atoms in total. The minimum atomic E-state index is -0.483. The lowest BCUT2D eigenvalue weighted by atomic mass is 9.85. The van der Waals surface area contributed by atoms with Crippen LogP contribution in [0.1, 0.15) is 34.6 Å². The van der Waals surface area contributed by atoms with Crippen molar-refractivity contribution in [2.24, 2.45) is 5.41 Å². The highest BCUT2D eigenvalue weighted by atomic mass is 16.7. The molecule has 4 heteroatoms. The van der Waals surface area contributed by atoms with Gasteiger partial charge in [-0.1, -0.05) is 13.8 Å². The second-order valence-electron chi connectivity index (χ2n) is 4.55. The lowest BCUT2D eigenvalue weighted by Gasteiger charge is -2.38. The first-order valence-corrected chi connectivity index (χ1v) is 4.84. The first-order valence-electron chi connectivity index (χ1n) is 4.84. The van der Waals surface area contributed by atoms with Crippen molar-refractivity contribution in [2.45, 2.75) is 46.8 Å². The summed E-state index contributed by atoms with van der Waals surface area (Å²) < 4.78 is 16.4. The van der Waals surface area contributed by atoms with E-state index < -0.39 is 7.32 Å². The van der Waals surface area contributed by atoms with Crippen molar-refractivity contribution >= 4 is 7.32 Å². The Labute approximate surface area is 80.9 Å². The van der Waals surface area contributed by atoms with Gasteiger partial charge in [-0.15, -0.1) is 0 Å².